The summed E-state index contributed by atoms with van der Waals surface area (Å²) in [6.07, 6.45) is 66.7. The summed E-state index contributed by atoms with van der Waals surface area (Å²) in [5, 5.41) is 12.7. The summed E-state index contributed by atoms with van der Waals surface area (Å²) in [6, 6.07) is 0. The van der Waals surface area contributed by atoms with Gasteiger partial charge in [-0.3, -0.25) is 18.6 Å². The van der Waals surface area contributed by atoms with Gasteiger partial charge in [-0.2, -0.15) is 0 Å². The van der Waals surface area contributed by atoms with E-state index in [1.807, 2.05) is 0 Å². The Morgan fingerprint density at radius 1 is 0.492 bits per heavy atom. The molecule has 0 spiro atoms. The van der Waals surface area contributed by atoms with Crippen LogP contribution in [-0.2, 0) is 27.9 Å². The third-order valence-corrected chi connectivity index (χ3v) is 10.1. The number of allylic oxidation sites excluding steroid dienone is 22. The van der Waals surface area contributed by atoms with Gasteiger partial charge in [0.2, 0.25) is 5.91 Å². The van der Waals surface area contributed by atoms with Gasteiger partial charge in [0.15, 0.2) is 0 Å². The fourth-order valence-electron chi connectivity index (χ4n) is 5.58. The lowest BCUT2D eigenvalue weighted by molar-refractivity contribution is -0.147. The van der Waals surface area contributed by atoms with Crippen molar-refractivity contribution in [3.8, 4) is 0 Å². The Morgan fingerprint density at radius 3 is 1.30 bits per heavy atom. The first-order chi connectivity index (χ1) is 30.8. The van der Waals surface area contributed by atoms with Crippen LogP contribution in [0.5, 0.6) is 0 Å². The van der Waals surface area contributed by atoms with Gasteiger partial charge in [0.25, 0.3) is 0 Å². The number of aliphatic hydroxyl groups excluding tert-OH is 1. The lowest BCUT2D eigenvalue weighted by Crippen LogP contribution is -2.27. The van der Waals surface area contributed by atoms with Crippen molar-refractivity contribution in [2.24, 2.45) is 0 Å². The SMILES string of the molecule is CC/C=C\C/C=C\C/C=C\C/C=C\C/C=C\C/C=C\CCCCC(=O)OCC(O)COP(=O)(O)OCCNC(=O)CCCCCCC/C=C\C/C=C\C/C=C\C/C=C\C/C=C\CC. The quantitative estimate of drug-likeness (QED) is 0.0239. The van der Waals surface area contributed by atoms with E-state index in [-0.39, 0.29) is 32.1 Å². The molecule has 0 heterocycles. The monoisotopic (exact) mass is 894 g/mol. The second kappa shape index (κ2) is 47.6. The fraction of sp³-hybridized carbons (Fsp3) is 0.547. The highest BCUT2D eigenvalue weighted by Gasteiger charge is 2.23. The van der Waals surface area contributed by atoms with Crippen LogP contribution in [0.3, 0.4) is 0 Å². The van der Waals surface area contributed by atoms with E-state index in [4.69, 9.17) is 13.8 Å². The van der Waals surface area contributed by atoms with Gasteiger partial charge in [0.1, 0.15) is 12.7 Å². The van der Waals surface area contributed by atoms with Gasteiger partial charge in [-0.1, -0.05) is 167 Å². The van der Waals surface area contributed by atoms with Gasteiger partial charge in [0, 0.05) is 19.4 Å². The second-order valence-electron chi connectivity index (χ2n) is 15.0. The number of unbranched alkanes of at least 4 members (excludes halogenated alkanes) is 7. The first-order valence-corrected chi connectivity index (χ1v) is 25.2. The van der Waals surface area contributed by atoms with Crippen LogP contribution < -0.4 is 5.32 Å². The zero-order valence-corrected chi connectivity index (χ0v) is 39.8. The van der Waals surface area contributed by atoms with Gasteiger partial charge < -0.3 is 20.1 Å². The molecule has 0 aliphatic carbocycles. The molecule has 0 fully saturated rings. The third kappa shape index (κ3) is 49.0. The lowest BCUT2D eigenvalue weighted by Gasteiger charge is -2.15. The lowest BCUT2D eigenvalue weighted by atomic mass is 10.1. The fourth-order valence-corrected chi connectivity index (χ4v) is 6.34. The van der Waals surface area contributed by atoms with Crippen LogP contribution in [0.15, 0.2) is 134 Å². The number of hydrogen-bond acceptors (Lipinski definition) is 7. The molecular formula is C53H84NO8P. The highest BCUT2D eigenvalue weighted by atomic mass is 31.2. The van der Waals surface area contributed by atoms with Crippen molar-refractivity contribution in [3.05, 3.63) is 134 Å². The molecule has 9 nitrogen and oxygen atoms in total. The summed E-state index contributed by atoms with van der Waals surface area (Å²) in [6.45, 7) is 3.22. The molecule has 2 unspecified atom stereocenters. The van der Waals surface area contributed by atoms with Crippen LogP contribution in [0.25, 0.3) is 0 Å². The number of nitrogens with one attached hydrogen (secondary N) is 1. The number of phosphoric ester groups is 1. The Balaban J connectivity index is 3.73. The molecule has 0 radical (unpaired) electrons. The molecule has 63 heavy (non-hydrogen) atoms. The maximum Gasteiger partial charge on any atom is 0.472 e. The number of amides is 1. The number of carbonyl (C=O) groups excluding carboxylic acids is 2. The van der Waals surface area contributed by atoms with Gasteiger partial charge in [0.05, 0.1) is 13.2 Å². The average molecular weight is 894 g/mol. The van der Waals surface area contributed by atoms with Crippen molar-refractivity contribution in [2.75, 3.05) is 26.4 Å². The molecule has 0 saturated heterocycles. The van der Waals surface area contributed by atoms with Crippen molar-refractivity contribution < 1.29 is 37.9 Å². The smallest absolute Gasteiger partial charge is 0.463 e. The molecule has 0 aliphatic heterocycles. The van der Waals surface area contributed by atoms with E-state index in [0.29, 0.717) is 12.8 Å². The molecule has 0 saturated carbocycles. The largest absolute Gasteiger partial charge is 0.472 e. The van der Waals surface area contributed by atoms with E-state index >= 15 is 0 Å². The van der Waals surface area contributed by atoms with E-state index < -0.39 is 26.5 Å². The van der Waals surface area contributed by atoms with Gasteiger partial charge in [-0.05, 0) is 109 Å². The van der Waals surface area contributed by atoms with E-state index in [0.717, 1.165) is 122 Å². The van der Waals surface area contributed by atoms with Crippen molar-refractivity contribution >= 4 is 19.7 Å². The number of rotatable bonds is 42. The predicted molar refractivity (Wildman–Crippen MR) is 265 cm³/mol. The normalized spacial score (nSPS) is 14.4. The Morgan fingerprint density at radius 2 is 0.857 bits per heavy atom. The summed E-state index contributed by atoms with van der Waals surface area (Å²) in [4.78, 5) is 34.0. The van der Waals surface area contributed by atoms with Crippen molar-refractivity contribution in [3.63, 3.8) is 0 Å². The van der Waals surface area contributed by atoms with Crippen LogP contribution in [0.1, 0.15) is 155 Å². The predicted octanol–water partition coefficient (Wildman–Crippen LogP) is 13.9. The topological polar surface area (TPSA) is 131 Å². The minimum Gasteiger partial charge on any atom is -0.463 e. The standard InChI is InChI=1S/C53H84NO8P/c1-3-5-7-9-11-13-15-17-19-21-23-25-27-29-31-33-35-37-39-41-43-45-52(56)54-47-48-61-63(58,59)62-50-51(55)49-60-53(57)46-44-42-40-38-36-34-32-30-28-26-24-22-20-18-16-14-12-10-8-6-4-2/h5-8,11-14,17-20,23-26,29-32,36,38,51,55H,3-4,9-10,15-16,21-22,27-28,33-35,37,39-50H2,1-2H3,(H,54,56)(H,58,59)/b7-5-,8-6-,13-11-,14-12-,19-17-,20-18-,25-23-,26-24-,31-29-,32-30-,38-36-. The van der Waals surface area contributed by atoms with Gasteiger partial charge >= 0.3 is 13.8 Å². The van der Waals surface area contributed by atoms with Crippen LogP contribution in [0, 0.1) is 0 Å². The molecular weight excluding hydrogens is 810 g/mol. The number of carbonyl (C=O) groups is 2. The van der Waals surface area contributed by atoms with Gasteiger partial charge in [-0.15, -0.1) is 0 Å². The molecule has 0 bridgehead atoms. The number of phosphoric acid groups is 1. The van der Waals surface area contributed by atoms with Crippen LogP contribution >= 0.6 is 7.82 Å². The van der Waals surface area contributed by atoms with Crippen LogP contribution in [0.4, 0.5) is 0 Å². The highest BCUT2D eigenvalue weighted by molar-refractivity contribution is 7.47. The summed E-state index contributed by atoms with van der Waals surface area (Å²) in [7, 11) is -4.45. The first kappa shape index (κ1) is 59.1. The molecule has 3 N–H and O–H groups in total. The maximum atomic E-state index is 12.1. The van der Waals surface area contributed by atoms with E-state index in [2.05, 4.69) is 153 Å². The molecule has 0 aromatic carbocycles. The molecule has 0 aliphatic rings. The molecule has 2 atom stereocenters. The molecule has 0 aromatic heterocycles. The summed E-state index contributed by atoms with van der Waals surface area (Å²) >= 11 is 0. The molecule has 354 valence electrons. The minimum atomic E-state index is -4.45. The van der Waals surface area contributed by atoms with E-state index in [1.54, 1.807) is 0 Å². The van der Waals surface area contributed by atoms with Crippen molar-refractivity contribution in [1.29, 1.82) is 0 Å². The van der Waals surface area contributed by atoms with Crippen LogP contribution in [-0.4, -0.2) is 54.3 Å². The summed E-state index contributed by atoms with van der Waals surface area (Å²) in [5.74, 6) is -0.592. The summed E-state index contributed by atoms with van der Waals surface area (Å²) in [5.41, 5.74) is 0. The highest BCUT2D eigenvalue weighted by Crippen LogP contribution is 2.42. The Labute approximate surface area is 382 Å². The van der Waals surface area contributed by atoms with Crippen LogP contribution in [0.2, 0.25) is 0 Å². The molecule has 0 aromatic rings. The molecule has 0 rings (SSSR count). The Bertz CT molecular complexity index is 1480. The Hall–Kier alpha value is -3.85. The number of aliphatic hydroxyl groups is 1. The first-order valence-electron chi connectivity index (χ1n) is 23.7. The maximum absolute atomic E-state index is 12.1. The minimum absolute atomic E-state index is 0.0558. The van der Waals surface area contributed by atoms with Gasteiger partial charge in [-0.25, -0.2) is 4.57 Å². The van der Waals surface area contributed by atoms with E-state index in [9.17, 15) is 24.2 Å². The molecule has 1 amide bonds. The van der Waals surface area contributed by atoms with E-state index in [1.165, 1.54) is 0 Å². The zero-order valence-electron chi connectivity index (χ0n) is 39.0. The second-order valence-corrected chi connectivity index (χ2v) is 16.4. The third-order valence-electron chi connectivity index (χ3n) is 9.08. The van der Waals surface area contributed by atoms with Crippen molar-refractivity contribution in [1.82, 2.24) is 5.32 Å². The molecule has 10 heteroatoms. The van der Waals surface area contributed by atoms with Crippen molar-refractivity contribution in [2.45, 2.75) is 161 Å². The zero-order chi connectivity index (χ0) is 46.0. The number of ether oxygens (including phenoxy) is 1. The average Bonchev–Trinajstić information content (AvgIpc) is 3.27. The summed E-state index contributed by atoms with van der Waals surface area (Å²) < 4.78 is 26.9. The number of esters is 1. The Kier molecular flexibility index (Phi) is 44.7. The number of hydrogen-bond donors (Lipinski definition) is 3.